The van der Waals surface area contributed by atoms with E-state index in [1.54, 1.807) is 30.6 Å². The van der Waals surface area contributed by atoms with Crippen molar-refractivity contribution < 1.29 is 14.4 Å². The van der Waals surface area contributed by atoms with Gasteiger partial charge in [-0.25, -0.2) is 9.69 Å². The number of nitrogens with zero attached hydrogens (tertiary/aromatic N) is 2. The molecule has 0 spiro atoms. The number of pyridine rings is 1. The van der Waals surface area contributed by atoms with Crippen LogP contribution < -0.4 is 10.2 Å². The molecular formula is C28H29N3O3. The lowest BCUT2D eigenvalue weighted by molar-refractivity contribution is -0.143. The molecule has 1 N–H and O–H groups in total. The molecule has 174 valence electrons. The van der Waals surface area contributed by atoms with Crippen molar-refractivity contribution in [1.29, 1.82) is 0 Å². The van der Waals surface area contributed by atoms with Gasteiger partial charge in [-0.2, -0.15) is 0 Å². The van der Waals surface area contributed by atoms with Gasteiger partial charge in [0, 0.05) is 12.4 Å². The molecule has 34 heavy (non-hydrogen) atoms. The molecule has 1 atom stereocenters. The van der Waals surface area contributed by atoms with Gasteiger partial charge in [0.2, 0.25) is 5.91 Å². The molecule has 0 radical (unpaired) electrons. The monoisotopic (exact) mass is 455 g/mol. The average molecular weight is 456 g/mol. The summed E-state index contributed by atoms with van der Waals surface area (Å²) in [6.07, 6.45) is 4.36. The van der Waals surface area contributed by atoms with Gasteiger partial charge in [-0.05, 0) is 78.6 Å². The molecule has 2 heterocycles. The molecule has 1 aliphatic rings. The number of imide groups is 2. The minimum atomic E-state index is -1.42. The van der Waals surface area contributed by atoms with Crippen molar-refractivity contribution in [3.8, 4) is 0 Å². The highest BCUT2D eigenvalue weighted by molar-refractivity contribution is 6.30. The molecule has 0 bridgehead atoms. The standard InChI is InChI=1S/C28H29N3O3/c1-19(2)23-9-7-22(8-10-23)18-28(14-11-21-12-15-29-16-13-21)25(32)30-27(34)31(26(28)33)24-6-4-5-20(3)17-24/h4-10,12-13,15-17,19H,11,14,18H2,1-3H3,(H,30,32,34). The lowest BCUT2D eigenvalue weighted by atomic mass is 9.73. The van der Waals surface area contributed by atoms with Crippen molar-refractivity contribution in [2.45, 2.75) is 46.0 Å². The maximum absolute atomic E-state index is 14.0. The maximum Gasteiger partial charge on any atom is 0.335 e. The molecule has 1 saturated heterocycles. The molecule has 1 unspecified atom stereocenters. The number of barbiturate groups is 1. The summed E-state index contributed by atoms with van der Waals surface area (Å²) in [5.41, 5.74) is 3.00. The number of hydrogen-bond donors (Lipinski definition) is 1. The number of carbonyl (C=O) groups excluding carboxylic acids is 3. The Morgan fingerprint density at radius 3 is 2.29 bits per heavy atom. The van der Waals surface area contributed by atoms with E-state index < -0.39 is 23.3 Å². The van der Waals surface area contributed by atoms with Crippen LogP contribution in [-0.2, 0) is 22.4 Å². The number of aryl methyl sites for hydroxylation is 2. The highest BCUT2D eigenvalue weighted by atomic mass is 16.2. The summed E-state index contributed by atoms with van der Waals surface area (Å²) in [6.45, 7) is 6.14. The molecule has 1 aliphatic heterocycles. The number of hydrogen-bond acceptors (Lipinski definition) is 4. The minimum Gasteiger partial charge on any atom is -0.276 e. The zero-order valence-corrected chi connectivity index (χ0v) is 19.7. The second kappa shape index (κ2) is 9.59. The zero-order valence-electron chi connectivity index (χ0n) is 19.7. The fourth-order valence-electron chi connectivity index (χ4n) is 4.42. The lowest BCUT2D eigenvalue weighted by Crippen LogP contribution is -2.65. The first-order valence-electron chi connectivity index (χ1n) is 11.5. The number of anilines is 1. The van der Waals surface area contributed by atoms with Crippen LogP contribution in [0, 0.1) is 12.3 Å². The third-order valence-electron chi connectivity index (χ3n) is 6.47. The van der Waals surface area contributed by atoms with Crippen LogP contribution in [0.15, 0.2) is 73.1 Å². The molecule has 1 aromatic heterocycles. The fraction of sp³-hybridized carbons (Fsp3) is 0.286. The Balaban J connectivity index is 1.74. The van der Waals surface area contributed by atoms with E-state index in [0.717, 1.165) is 21.6 Å². The van der Waals surface area contributed by atoms with E-state index in [0.29, 0.717) is 18.0 Å². The second-order valence-electron chi connectivity index (χ2n) is 9.25. The SMILES string of the molecule is Cc1cccc(N2C(=O)NC(=O)C(CCc3ccncc3)(Cc3ccc(C(C)C)cc3)C2=O)c1. The van der Waals surface area contributed by atoms with Crippen LogP contribution in [0.5, 0.6) is 0 Å². The number of aromatic nitrogens is 1. The van der Waals surface area contributed by atoms with Crippen molar-refractivity contribution in [3.05, 3.63) is 95.3 Å². The van der Waals surface area contributed by atoms with E-state index in [2.05, 4.69) is 24.1 Å². The van der Waals surface area contributed by atoms with Crippen molar-refractivity contribution >= 4 is 23.5 Å². The van der Waals surface area contributed by atoms with Crippen molar-refractivity contribution in [1.82, 2.24) is 10.3 Å². The number of rotatable bonds is 7. The van der Waals surface area contributed by atoms with E-state index >= 15 is 0 Å². The first kappa shape index (κ1) is 23.4. The van der Waals surface area contributed by atoms with Crippen LogP contribution in [-0.4, -0.2) is 22.8 Å². The highest BCUT2D eigenvalue weighted by Crippen LogP contribution is 2.37. The van der Waals surface area contributed by atoms with Crippen LogP contribution >= 0.6 is 0 Å². The first-order chi connectivity index (χ1) is 16.3. The molecule has 6 nitrogen and oxygen atoms in total. The van der Waals surface area contributed by atoms with Gasteiger partial charge in [-0.15, -0.1) is 0 Å². The summed E-state index contributed by atoms with van der Waals surface area (Å²) in [5.74, 6) is -0.661. The summed E-state index contributed by atoms with van der Waals surface area (Å²) in [6, 6.07) is 18.2. The minimum absolute atomic E-state index is 0.205. The van der Waals surface area contributed by atoms with Crippen molar-refractivity contribution in [2.75, 3.05) is 4.90 Å². The molecule has 0 aliphatic carbocycles. The number of carbonyl (C=O) groups is 3. The van der Waals surface area contributed by atoms with Crippen LogP contribution in [0.2, 0.25) is 0 Å². The summed E-state index contributed by atoms with van der Waals surface area (Å²) >= 11 is 0. The van der Waals surface area contributed by atoms with Gasteiger partial charge in [0.05, 0.1) is 5.69 Å². The van der Waals surface area contributed by atoms with E-state index in [-0.39, 0.29) is 12.8 Å². The molecule has 3 aromatic rings. The number of nitrogens with one attached hydrogen (secondary N) is 1. The van der Waals surface area contributed by atoms with Crippen LogP contribution in [0.25, 0.3) is 0 Å². The maximum atomic E-state index is 14.0. The van der Waals surface area contributed by atoms with Gasteiger partial charge in [-0.1, -0.05) is 50.2 Å². The average Bonchev–Trinajstić information content (AvgIpc) is 2.82. The summed E-state index contributed by atoms with van der Waals surface area (Å²) in [4.78, 5) is 45.4. The molecule has 1 fully saturated rings. The Labute approximate surface area is 200 Å². The number of benzene rings is 2. The van der Waals surface area contributed by atoms with Gasteiger partial charge in [0.25, 0.3) is 5.91 Å². The van der Waals surface area contributed by atoms with Crippen LogP contribution in [0.3, 0.4) is 0 Å². The quantitative estimate of drug-likeness (QED) is 0.511. The largest absolute Gasteiger partial charge is 0.335 e. The molecule has 0 saturated carbocycles. The number of urea groups is 1. The summed E-state index contributed by atoms with van der Waals surface area (Å²) in [5, 5.41) is 2.47. The Kier molecular flexibility index (Phi) is 6.59. The third-order valence-corrected chi connectivity index (χ3v) is 6.47. The van der Waals surface area contributed by atoms with Gasteiger partial charge in [-0.3, -0.25) is 19.9 Å². The van der Waals surface area contributed by atoms with Gasteiger partial charge < -0.3 is 0 Å². The summed E-state index contributed by atoms with van der Waals surface area (Å²) in [7, 11) is 0. The predicted octanol–water partition coefficient (Wildman–Crippen LogP) is 4.96. The number of amides is 4. The summed E-state index contributed by atoms with van der Waals surface area (Å²) < 4.78 is 0. The van der Waals surface area contributed by atoms with E-state index in [1.807, 2.05) is 49.4 Å². The van der Waals surface area contributed by atoms with Crippen LogP contribution in [0.4, 0.5) is 10.5 Å². The lowest BCUT2D eigenvalue weighted by Gasteiger charge is -2.39. The van der Waals surface area contributed by atoms with E-state index in [9.17, 15) is 14.4 Å². The Morgan fingerprint density at radius 1 is 0.941 bits per heavy atom. The molecule has 6 heteroatoms. The Hall–Kier alpha value is -3.80. The third kappa shape index (κ3) is 4.62. The Bertz CT molecular complexity index is 1210. The molecule has 4 rings (SSSR count). The fourth-order valence-corrected chi connectivity index (χ4v) is 4.42. The van der Waals surface area contributed by atoms with E-state index in [1.165, 1.54) is 5.56 Å². The smallest absolute Gasteiger partial charge is 0.276 e. The predicted molar refractivity (Wildman–Crippen MR) is 131 cm³/mol. The Morgan fingerprint density at radius 2 is 1.65 bits per heavy atom. The zero-order chi connectivity index (χ0) is 24.3. The van der Waals surface area contributed by atoms with Crippen molar-refractivity contribution in [2.24, 2.45) is 5.41 Å². The van der Waals surface area contributed by atoms with E-state index in [4.69, 9.17) is 0 Å². The molecule has 4 amide bonds. The molecule has 2 aromatic carbocycles. The molecular weight excluding hydrogens is 426 g/mol. The van der Waals surface area contributed by atoms with Gasteiger partial charge in [0.1, 0.15) is 5.41 Å². The first-order valence-corrected chi connectivity index (χ1v) is 11.5. The van der Waals surface area contributed by atoms with Gasteiger partial charge >= 0.3 is 6.03 Å². The second-order valence-corrected chi connectivity index (χ2v) is 9.25. The van der Waals surface area contributed by atoms with Gasteiger partial charge in [0.15, 0.2) is 0 Å². The highest BCUT2D eigenvalue weighted by Gasteiger charge is 2.53. The normalized spacial score (nSPS) is 18.4. The van der Waals surface area contributed by atoms with Crippen LogP contribution in [0.1, 0.15) is 48.4 Å². The van der Waals surface area contributed by atoms with Crippen molar-refractivity contribution in [3.63, 3.8) is 0 Å². The topological polar surface area (TPSA) is 79.4 Å².